The molecule has 3 aliphatic rings. The fraction of sp³-hybridized carbons (Fsp3) is 0.500. The molecule has 2 heteroatoms. The quantitative estimate of drug-likeness (QED) is 0.766. The van der Waals surface area contributed by atoms with Crippen LogP contribution < -0.4 is 10.6 Å². The summed E-state index contributed by atoms with van der Waals surface area (Å²) in [7, 11) is 0. The summed E-state index contributed by atoms with van der Waals surface area (Å²) in [5.74, 6) is 0.981. The minimum absolute atomic E-state index is 0.645. The molecule has 14 heavy (non-hydrogen) atoms. The van der Waals surface area contributed by atoms with Crippen LogP contribution >= 0.6 is 0 Å². The molecule has 2 saturated heterocycles. The van der Waals surface area contributed by atoms with Crippen LogP contribution in [-0.4, -0.2) is 12.6 Å². The van der Waals surface area contributed by atoms with Crippen LogP contribution in [0, 0.1) is 5.92 Å². The van der Waals surface area contributed by atoms with Crippen molar-refractivity contribution in [3.05, 3.63) is 29.8 Å². The summed E-state index contributed by atoms with van der Waals surface area (Å²) in [5.41, 5.74) is 8.18. The van der Waals surface area contributed by atoms with E-state index in [1.807, 2.05) is 0 Å². The molecule has 2 heterocycles. The van der Waals surface area contributed by atoms with Gasteiger partial charge >= 0.3 is 0 Å². The molecule has 1 aromatic rings. The van der Waals surface area contributed by atoms with Crippen LogP contribution in [0.25, 0.3) is 0 Å². The summed E-state index contributed by atoms with van der Waals surface area (Å²) in [6.45, 7) is 1.92. The highest BCUT2D eigenvalue weighted by Gasteiger charge is 2.42. The SMILES string of the molecule is NCc1ccc(N2CC3CC2C3)cc1. The van der Waals surface area contributed by atoms with E-state index in [9.17, 15) is 0 Å². The van der Waals surface area contributed by atoms with Gasteiger partial charge in [-0.1, -0.05) is 12.1 Å². The van der Waals surface area contributed by atoms with Gasteiger partial charge in [-0.15, -0.1) is 0 Å². The van der Waals surface area contributed by atoms with E-state index in [4.69, 9.17) is 5.73 Å². The van der Waals surface area contributed by atoms with Crippen LogP contribution in [0.2, 0.25) is 0 Å². The van der Waals surface area contributed by atoms with E-state index in [2.05, 4.69) is 29.2 Å². The average molecular weight is 188 g/mol. The fourth-order valence-corrected chi connectivity index (χ4v) is 2.67. The Labute approximate surface area is 84.7 Å². The molecule has 0 radical (unpaired) electrons. The molecule has 0 unspecified atom stereocenters. The summed E-state index contributed by atoms with van der Waals surface area (Å²) < 4.78 is 0. The van der Waals surface area contributed by atoms with Crippen molar-refractivity contribution >= 4 is 5.69 Å². The van der Waals surface area contributed by atoms with Crippen LogP contribution in [0.15, 0.2) is 24.3 Å². The first-order chi connectivity index (χ1) is 6.86. The number of anilines is 1. The van der Waals surface area contributed by atoms with Crippen molar-refractivity contribution in [3.63, 3.8) is 0 Å². The summed E-state index contributed by atoms with van der Waals surface area (Å²) in [6.07, 6.45) is 2.83. The molecule has 4 rings (SSSR count). The van der Waals surface area contributed by atoms with Gasteiger partial charge in [-0.2, -0.15) is 0 Å². The van der Waals surface area contributed by atoms with Crippen LogP contribution in [0.1, 0.15) is 18.4 Å². The normalized spacial score (nSPS) is 29.1. The Morgan fingerprint density at radius 3 is 2.43 bits per heavy atom. The molecule has 0 atom stereocenters. The Morgan fingerprint density at radius 2 is 1.93 bits per heavy atom. The van der Waals surface area contributed by atoms with Gasteiger partial charge in [-0.3, -0.25) is 0 Å². The zero-order chi connectivity index (χ0) is 9.54. The molecule has 2 N–H and O–H groups in total. The third-order valence-electron chi connectivity index (χ3n) is 3.61. The van der Waals surface area contributed by atoms with Crippen molar-refractivity contribution in [2.24, 2.45) is 11.7 Å². The molecule has 1 aromatic carbocycles. The molecule has 0 aromatic heterocycles. The van der Waals surface area contributed by atoms with Crippen molar-refractivity contribution in [2.45, 2.75) is 25.4 Å². The van der Waals surface area contributed by atoms with Gasteiger partial charge in [0.05, 0.1) is 0 Å². The monoisotopic (exact) mass is 188 g/mol. The molecule has 2 aliphatic heterocycles. The maximum Gasteiger partial charge on any atom is 0.0369 e. The Bertz CT molecular complexity index is 325. The molecule has 2 nitrogen and oxygen atoms in total. The summed E-state index contributed by atoms with van der Waals surface area (Å²) in [6, 6.07) is 9.55. The number of fused-ring (bicyclic) bond motifs is 1. The minimum atomic E-state index is 0.645. The zero-order valence-corrected chi connectivity index (χ0v) is 8.32. The lowest BCUT2D eigenvalue weighted by Crippen LogP contribution is -2.28. The van der Waals surface area contributed by atoms with Crippen LogP contribution in [0.3, 0.4) is 0 Å². The van der Waals surface area contributed by atoms with E-state index in [0.717, 1.165) is 12.0 Å². The van der Waals surface area contributed by atoms with E-state index in [-0.39, 0.29) is 0 Å². The van der Waals surface area contributed by atoms with Crippen LogP contribution in [0.4, 0.5) is 5.69 Å². The maximum atomic E-state index is 5.58. The highest BCUT2D eigenvalue weighted by Crippen LogP contribution is 2.42. The number of nitrogens with zero attached hydrogens (tertiary/aromatic N) is 1. The predicted molar refractivity (Wildman–Crippen MR) is 58.2 cm³/mol. The number of nitrogens with two attached hydrogens (primary N) is 1. The topological polar surface area (TPSA) is 29.3 Å². The van der Waals surface area contributed by atoms with Crippen molar-refractivity contribution in [1.82, 2.24) is 0 Å². The van der Waals surface area contributed by atoms with Crippen molar-refractivity contribution in [3.8, 4) is 0 Å². The van der Waals surface area contributed by atoms with Gasteiger partial charge in [-0.05, 0) is 36.5 Å². The maximum absolute atomic E-state index is 5.58. The fourth-order valence-electron chi connectivity index (χ4n) is 2.67. The molecule has 1 aliphatic carbocycles. The predicted octanol–water partition coefficient (Wildman–Crippen LogP) is 1.74. The van der Waals surface area contributed by atoms with E-state index >= 15 is 0 Å². The first kappa shape index (κ1) is 8.30. The largest absolute Gasteiger partial charge is 0.368 e. The molecule has 2 bridgehead atoms. The summed E-state index contributed by atoms with van der Waals surface area (Å²) >= 11 is 0. The molecular weight excluding hydrogens is 172 g/mol. The summed E-state index contributed by atoms with van der Waals surface area (Å²) in [5, 5.41) is 0. The Hall–Kier alpha value is -1.02. The third-order valence-corrected chi connectivity index (χ3v) is 3.61. The van der Waals surface area contributed by atoms with Crippen molar-refractivity contribution in [2.75, 3.05) is 11.4 Å². The van der Waals surface area contributed by atoms with Gasteiger partial charge < -0.3 is 10.6 Å². The molecule has 0 spiro atoms. The Morgan fingerprint density at radius 1 is 1.21 bits per heavy atom. The van der Waals surface area contributed by atoms with E-state index in [1.165, 1.54) is 30.6 Å². The third kappa shape index (κ3) is 1.14. The number of hydrogen-bond acceptors (Lipinski definition) is 2. The lowest BCUT2D eigenvalue weighted by Gasteiger charge is -2.27. The average Bonchev–Trinajstić information content (AvgIpc) is 2.76. The molecule has 3 fully saturated rings. The zero-order valence-electron chi connectivity index (χ0n) is 8.32. The minimum Gasteiger partial charge on any atom is -0.368 e. The molecule has 1 saturated carbocycles. The first-order valence-electron chi connectivity index (χ1n) is 5.42. The summed E-state index contributed by atoms with van der Waals surface area (Å²) in [4.78, 5) is 2.55. The standard InChI is InChI=1S/C12H16N2/c13-7-9-1-3-11(4-2-9)14-8-10-5-12(14)6-10/h1-4,10,12H,5-8,13H2. The highest BCUT2D eigenvalue weighted by molar-refractivity contribution is 5.51. The lowest BCUT2D eigenvalue weighted by atomic mass is 9.86. The number of benzene rings is 1. The Balaban J connectivity index is 1.83. The van der Waals surface area contributed by atoms with Crippen LogP contribution in [0.5, 0.6) is 0 Å². The van der Waals surface area contributed by atoms with Crippen molar-refractivity contribution < 1.29 is 0 Å². The van der Waals surface area contributed by atoms with Gasteiger partial charge in [0.2, 0.25) is 0 Å². The van der Waals surface area contributed by atoms with E-state index < -0.39 is 0 Å². The van der Waals surface area contributed by atoms with Gasteiger partial charge in [0.1, 0.15) is 0 Å². The van der Waals surface area contributed by atoms with Gasteiger partial charge in [-0.25, -0.2) is 0 Å². The lowest BCUT2D eigenvalue weighted by molar-refractivity contribution is 0.381. The second-order valence-electron chi connectivity index (χ2n) is 4.51. The molecular formula is C12H16N2. The first-order valence-corrected chi connectivity index (χ1v) is 5.42. The number of rotatable bonds is 2. The van der Waals surface area contributed by atoms with Gasteiger partial charge in [0.15, 0.2) is 0 Å². The molecule has 0 amide bonds. The van der Waals surface area contributed by atoms with Gasteiger partial charge in [0.25, 0.3) is 0 Å². The number of hydrogen-bond donors (Lipinski definition) is 1. The smallest absolute Gasteiger partial charge is 0.0369 e. The van der Waals surface area contributed by atoms with Crippen LogP contribution in [-0.2, 0) is 6.54 Å². The molecule has 74 valence electrons. The van der Waals surface area contributed by atoms with E-state index in [0.29, 0.717) is 6.54 Å². The second kappa shape index (κ2) is 2.99. The van der Waals surface area contributed by atoms with Crippen molar-refractivity contribution in [1.29, 1.82) is 0 Å². The van der Waals surface area contributed by atoms with E-state index in [1.54, 1.807) is 0 Å². The Kier molecular flexibility index (Phi) is 1.77. The van der Waals surface area contributed by atoms with Gasteiger partial charge in [0, 0.05) is 24.8 Å². The highest BCUT2D eigenvalue weighted by atomic mass is 15.2. The second-order valence-corrected chi connectivity index (χ2v) is 4.51.